The molecule has 0 aliphatic heterocycles. The molecule has 23 heavy (non-hydrogen) atoms. The Hall–Kier alpha value is -2.34. The number of rotatable bonds is 5. The molecular weight excluding hydrogens is 358 g/mol. The van der Waals surface area contributed by atoms with Crippen molar-refractivity contribution in [3.63, 3.8) is 0 Å². The summed E-state index contributed by atoms with van der Waals surface area (Å²) in [6, 6.07) is 11.5. The SMILES string of the molecule is COc1ccc2c(ccn2CCC(=O)Nc2ccc(Br)cn2)c1. The van der Waals surface area contributed by atoms with Crippen LogP contribution in [0, 0.1) is 0 Å². The molecule has 2 heterocycles. The molecular formula is C17H16BrN3O2. The summed E-state index contributed by atoms with van der Waals surface area (Å²) >= 11 is 3.31. The van der Waals surface area contributed by atoms with Crippen LogP contribution in [0.4, 0.5) is 5.82 Å². The summed E-state index contributed by atoms with van der Waals surface area (Å²) in [6.07, 6.45) is 4.02. The predicted molar refractivity (Wildman–Crippen MR) is 93.7 cm³/mol. The number of carbonyl (C=O) groups is 1. The van der Waals surface area contributed by atoms with Gasteiger partial charge in [0, 0.05) is 40.7 Å². The van der Waals surface area contributed by atoms with Gasteiger partial charge in [-0.1, -0.05) is 0 Å². The molecule has 5 nitrogen and oxygen atoms in total. The maximum absolute atomic E-state index is 12.0. The van der Waals surface area contributed by atoms with Gasteiger partial charge in [-0.3, -0.25) is 4.79 Å². The first-order valence-electron chi connectivity index (χ1n) is 7.20. The maximum Gasteiger partial charge on any atom is 0.227 e. The Labute approximate surface area is 142 Å². The highest BCUT2D eigenvalue weighted by Gasteiger charge is 2.06. The highest BCUT2D eigenvalue weighted by molar-refractivity contribution is 9.10. The molecule has 0 unspecified atom stereocenters. The molecule has 2 aromatic heterocycles. The molecule has 0 spiro atoms. The minimum atomic E-state index is -0.0600. The standard InChI is InChI=1S/C17H16BrN3O2/c1-23-14-3-4-15-12(10-14)6-8-21(15)9-7-17(22)20-16-5-2-13(18)11-19-16/h2-6,8,10-11H,7,9H2,1H3,(H,19,20,22). The monoisotopic (exact) mass is 373 g/mol. The Balaban J connectivity index is 1.63. The normalized spacial score (nSPS) is 10.7. The maximum atomic E-state index is 12.0. The van der Waals surface area contributed by atoms with Crippen LogP contribution >= 0.6 is 15.9 Å². The third-order valence-electron chi connectivity index (χ3n) is 3.55. The quantitative estimate of drug-likeness (QED) is 0.739. The topological polar surface area (TPSA) is 56.1 Å². The van der Waals surface area contributed by atoms with E-state index < -0.39 is 0 Å². The van der Waals surface area contributed by atoms with E-state index in [1.807, 2.05) is 36.5 Å². The van der Waals surface area contributed by atoms with Gasteiger partial charge in [0.25, 0.3) is 0 Å². The highest BCUT2D eigenvalue weighted by atomic mass is 79.9. The Morgan fingerprint density at radius 3 is 2.91 bits per heavy atom. The third-order valence-corrected chi connectivity index (χ3v) is 4.02. The molecule has 1 amide bonds. The van der Waals surface area contributed by atoms with E-state index >= 15 is 0 Å². The number of carbonyl (C=O) groups excluding carboxylic acids is 1. The second-order valence-electron chi connectivity index (χ2n) is 5.09. The first-order chi connectivity index (χ1) is 11.2. The average Bonchev–Trinajstić information content (AvgIpc) is 2.97. The molecule has 6 heteroatoms. The number of fused-ring (bicyclic) bond motifs is 1. The minimum absolute atomic E-state index is 0.0600. The van der Waals surface area contributed by atoms with Crippen molar-refractivity contribution >= 4 is 38.6 Å². The van der Waals surface area contributed by atoms with E-state index in [2.05, 4.69) is 30.8 Å². The van der Waals surface area contributed by atoms with Gasteiger partial charge in [0.15, 0.2) is 0 Å². The predicted octanol–water partition coefficient (Wildman–Crippen LogP) is 3.84. The molecule has 0 bridgehead atoms. The largest absolute Gasteiger partial charge is 0.497 e. The van der Waals surface area contributed by atoms with Crippen molar-refractivity contribution in [3.05, 3.63) is 53.3 Å². The van der Waals surface area contributed by atoms with Crippen LogP contribution in [-0.2, 0) is 11.3 Å². The Bertz CT molecular complexity index is 827. The average molecular weight is 374 g/mol. The molecule has 0 radical (unpaired) electrons. The van der Waals surface area contributed by atoms with Gasteiger partial charge >= 0.3 is 0 Å². The van der Waals surface area contributed by atoms with Crippen LogP contribution in [0.25, 0.3) is 10.9 Å². The van der Waals surface area contributed by atoms with Crippen LogP contribution in [0.5, 0.6) is 5.75 Å². The first kappa shape index (κ1) is 15.6. The van der Waals surface area contributed by atoms with Gasteiger partial charge in [-0.05, 0) is 52.3 Å². The van der Waals surface area contributed by atoms with E-state index in [4.69, 9.17) is 4.74 Å². The fourth-order valence-corrected chi connectivity index (χ4v) is 2.61. The van der Waals surface area contributed by atoms with Gasteiger partial charge in [0.2, 0.25) is 5.91 Å². The van der Waals surface area contributed by atoms with Crippen LogP contribution in [0.1, 0.15) is 6.42 Å². The van der Waals surface area contributed by atoms with E-state index in [0.29, 0.717) is 18.8 Å². The minimum Gasteiger partial charge on any atom is -0.497 e. The van der Waals surface area contributed by atoms with E-state index in [1.165, 1.54) is 0 Å². The number of nitrogens with zero attached hydrogens (tertiary/aromatic N) is 2. The molecule has 3 aromatic rings. The molecule has 118 valence electrons. The number of amides is 1. The number of ether oxygens (including phenoxy) is 1. The van der Waals surface area contributed by atoms with Gasteiger partial charge < -0.3 is 14.6 Å². The number of pyridine rings is 1. The second-order valence-corrected chi connectivity index (χ2v) is 6.01. The smallest absolute Gasteiger partial charge is 0.227 e. The summed E-state index contributed by atoms with van der Waals surface area (Å²) in [5.74, 6) is 1.32. The molecule has 1 aromatic carbocycles. The number of anilines is 1. The van der Waals surface area contributed by atoms with Crippen molar-refractivity contribution < 1.29 is 9.53 Å². The van der Waals surface area contributed by atoms with Crippen molar-refractivity contribution in [3.8, 4) is 5.75 Å². The van der Waals surface area contributed by atoms with E-state index in [9.17, 15) is 4.79 Å². The molecule has 0 aliphatic rings. The number of aromatic nitrogens is 2. The van der Waals surface area contributed by atoms with E-state index in [1.54, 1.807) is 19.4 Å². The summed E-state index contributed by atoms with van der Waals surface area (Å²) in [5, 5.41) is 3.89. The van der Waals surface area contributed by atoms with Crippen LogP contribution < -0.4 is 10.1 Å². The molecule has 0 fully saturated rings. The van der Waals surface area contributed by atoms with Crippen LogP contribution in [0.15, 0.2) is 53.3 Å². The van der Waals surface area contributed by atoms with E-state index in [-0.39, 0.29) is 5.91 Å². The van der Waals surface area contributed by atoms with Crippen molar-refractivity contribution in [2.24, 2.45) is 0 Å². The van der Waals surface area contributed by atoms with Crippen LogP contribution in [-0.4, -0.2) is 22.6 Å². The lowest BCUT2D eigenvalue weighted by Crippen LogP contribution is -2.14. The van der Waals surface area contributed by atoms with Crippen molar-refractivity contribution in [2.45, 2.75) is 13.0 Å². The van der Waals surface area contributed by atoms with Gasteiger partial charge in [0.1, 0.15) is 11.6 Å². The Morgan fingerprint density at radius 1 is 1.30 bits per heavy atom. The number of aryl methyl sites for hydroxylation is 1. The lowest BCUT2D eigenvalue weighted by atomic mass is 10.2. The Morgan fingerprint density at radius 2 is 2.17 bits per heavy atom. The molecule has 0 saturated carbocycles. The third kappa shape index (κ3) is 3.71. The van der Waals surface area contributed by atoms with Gasteiger partial charge in [-0.2, -0.15) is 0 Å². The number of nitrogens with one attached hydrogen (secondary N) is 1. The molecule has 0 saturated heterocycles. The van der Waals surface area contributed by atoms with Gasteiger partial charge in [-0.25, -0.2) is 4.98 Å². The fraction of sp³-hybridized carbons (Fsp3) is 0.176. The lowest BCUT2D eigenvalue weighted by Gasteiger charge is -2.07. The number of halogens is 1. The van der Waals surface area contributed by atoms with Crippen molar-refractivity contribution in [2.75, 3.05) is 12.4 Å². The number of benzene rings is 1. The summed E-state index contributed by atoms with van der Waals surface area (Å²) < 4.78 is 8.16. The Kier molecular flexibility index (Phi) is 4.62. The summed E-state index contributed by atoms with van der Waals surface area (Å²) in [7, 11) is 1.65. The summed E-state index contributed by atoms with van der Waals surface area (Å²) in [5.41, 5.74) is 1.08. The summed E-state index contributed by atoms with van der Waals surface area (Å²) in [6.45, 7) is 0.609. The van der Waals surface area contributed by atoms with Gasteiger partial charge in [0.05, 0.1) is 7.11 Å². The number of hydrogen-bond acceptors (Lipinski definition) is 3. The zero-order chi connectivity index (χ0) is 16.2. The van der Waals surface area contributed by atoms with Crippen molar-refractivity contribution in [1.29, 1.82) is 0 Å². The molecule has 0 aliphatic carbocycles. The second kappa shape index (κ2) is 6.83. The number of methoxy groups -OCH3 is 1. The fourth-order valence-electron chi connectivity index (χ4n) is 2.38. The van der Waals surface area contributed by atoms with Crippen LogP contribution in [0.3, 0.4) is 0 Å². The molecule has 0 atom stereocenters. The van der Waals surface area contributed by atoms with Crippen LogP contribution in [0.2, 0.25) is 0 Å². The first-order valence-corrected chi connectivity index (χ1v) is 7.99. The number of hydrogen-bond donors (Lipinski definition) is 1. The van der Waals surface area contributed by atoms with Gasteiger partial charge in [-0.15, -0.1) is 0 Å². The molecule has 1 N–H and O–H groups in total. The summed E-state index contributed by atoms with van der Waals surface area (Å²) in [4.78, 5) is 16.2. The van der Waals surface area contributed by atoms with Crippen molar-refractivity contribution in [1.82, 2.24) is 9.55 Å². The lowest BCUT2D eigenvalue weighted by molar-refractivity contribution is -0.116. The molecule has 3 rings (SSSR count). The van der Waals surface area contributed by atoms with E-state index in [0.717, 1.165) is 21.1 Å². The highest BCUT2D eigenvalue weighted by Crippen LogP contribution is 2.22. The zero-order valence-corrected chi connectivity index (χ0v) is 14.2. The zero-order valence-electron chi connectivity index (χ0n) is 12.6.